The summed E-state index contributed by atoms with van der Waals surface area (Å²) in [4.78, 5) is 15.8. The van der Waals surface area contributed by atoms with E-state index < -0.39 is 0 Å². The summed E-state index contributed by atoms with van der Waals surface area (Å²) in [5.74, 6) is 1.12. The van der Waals surface area contributed by atoms with E-state index in [2.05, 4.69) is 20.4 Å². The summed E-state index contributed by atoms with van der Waals surface area (Å²) in [6.45, 7) is 2.29. The van der Waals surface area contributed by atoms with Crippen LogP contribution in [-0.2, 0) is 11.3 Å². The molecular formula is C21H22N4OS. The van der Waals surface area contributed by atoms with Crippen LogP contribution < -0.4 is 10.2 Å². The Bertz CT molecular complexity index is 857. The average Bonchev–Trinajstić information content (AvgIpc) is 3.27. The van der Waals surface area contributed by atoms with E-state index in [4.69, 9.17) is 0 Å². The number of piperidine rings is 1. The minimum atomic E-state index is 0.0813. The number of carbonyl (C=O) groups is 1. The van der Waals surface area contributed by atoms with Crippen molar-refractivity contribution in [2.45, 2.75) is 19.4 Å². The Labute approximate surface area is 163 Å². The normalized spacial score (nSPS) is 14.9. The molecule has 5 nitrogen and oxygen atoms in total. The topological polar surface area (TPSA) is 58.1 Å². The van der Waals surface area contributed by atoms with Crippen molar-refractivity contribution < 1.29 is 4.79 Å². The zero-order valence-electron chi connectivity index (χ0n) is 15.0. The predicted molar refractivity (Wildman–Crippen MR) is 109 cm³/mol. The summed E-state index contributed by atoms with van der Waals surface area (Å²) in [6.07, 6.45) is 1.69. The zero-order valence-corrected chi connectivity index (χ0v) is 15.9. The molecular weight excluding hydrogens is 356 g/mol. The summed E-state index contributed by atoms with van der Waals surface area (Å²) < 4.78 is 0. The lowest BCUT2D eigenvalue weighted by Crippen LogP contribution is -2.40. The molecule has 3 aromatic rings. The molecule has 0 bridgehead atoms. The van der Waals surface area contributed by atoms with E-state index in [0.717, 1.165) is 43.0 Å². The number of amides is 1. The molecule has 27 heavy (non-hydrogen) atoms. The van der Waals surface area contributed by atoms with Gasteiger partial charge in [-0.2, -0.15) is 0 Å². The van der Waals surface area contributed by atoms with E-state index in [-0.39, 0.29) is 11.8 Å². The van der Waals surface area contributed by atoms with Crippen molar-refractivity contribution in [2.75, 3.05) is 18.0 Å². The van der Waals surface area contributed by atoms with E-state index in [9.17, 15) is 4.79 Å². The summed E-state index contributed by atoms with van der Waals surface area (Å²) in [7, 11) is 0. The van der Waals surface area contributed by atoms with Gasteiger partial charge in [0.05, 0.1) is 12.2 Å². The lowest BCUT2D eigenvalue weighted by Gasteiger charge is -2.31. The molecule has 0 aliphatic carbocycles. The van der Waals surface area contributed by atoms with Crippen LogP contribution in [0.1, 0.15) is 17.7 Å². The molecule has 1 fully saturated rings. The van der Waals surface area contributed by atoms with Gasteiger partial charge in [-0.15, -0.1) is 21.5 Å². The summed E-state index contributed by atoms with van der Waals surface area (Å²) in [5.41, 5.74) is 1.94. The molecule has 1 saturated heterocycles. The zero-order chi connectivity index (χ0) is 18.5. The third kappa shape index (κ3) is 4.34. The van der Waals surface area contributed by atoms with Crippen molar-refractivity contribution in [1.82, 2.24) is 15.5 Å². The fourth-order valence-electron chi connectivity index (χ4n) is 3.36. The molecule has 3 heterocycles. The van der Waals surface area contributed by atoms with E-state index in [0.29, 0.717) is 6.54 Å². The monoisotopic (exact) mass is 378 g/mol. The summed E-state index contributed by atoms with van der Waals surface area (Å²) in [6, 6.07) is 18.1. The Morgan fingerprint density at radius 3 is 2.52 bits per heavy atom. The highest BCUT2D eigenvalue weighted by molar-refractivity contribution is 7.09. The van der Waals surface area contributed by atoms with Crippen LogP contribution in [0.5, 0.6) is 0 Å². The number of nitrogens with zero attached hydrogens (tertiary/aromatic N) is 3. The number of aromatic nitrogens is 2. The van der Waals surface area contributed by atoms with Gasteiger partial charge in [0.15, 0.2) is 5.82 Å². The summed E-state index contributed by atoms with van der Waals surface area (Å²) in [5, 5.41) is 13.9. The van der Waals surface area contributed by atoms with E-state index >= 15 is 0 Å². The molecule has 1 aliphatic heterocycles. The Balaban J connectivity index is 1.30. The van der Waals surface area contributed by atoms with Crippen molar-refractivity contribution >= 4 is 23.1 Å². The first kappa shape index (κ1) is 17.7. The first-order valence-corrected chi connectivity index (χ1v) is 10.1. The van der Waals surface area contributed by atoms with Gasteiger partial charge in [0.1, 0.15) is 0 Å². The lowest BCUT2D eigenvalue weighted by atomic mass is 9.96. The van der Waals surface area contributed by atoms with Gasteiger partial charge in [0.25, 0.3) is 0 Å². The smallest absolute Gasteiger partial charge is 0.223 e. The fraction of sp³-hybridized carbons (Fsp3) is 0.286. The fourth-order valence-corrected chi connectivity index (χ4v) is 4.00. The lowest BCUT2D eigenvalue weighted by molar-refractivity contribution is -0.125. The van der Waals surface area contributed by atoms with Crippen molar-refractivity contribution in [3.05, 3.63) is 64.9 Å². The molecule has 1 amide bonds. The SMILES string of the molecule is O=C(NCc1cccs1)C1CCN(c2ccc(-c3ccccc3)nn2)CC1. The Hall–Kier alpha value is -2.73. The number of nitrogens with one attached hydrogen (secondary N) is 1. The van der Waals surface area contributed by atoms with Crippen LogP contribution in [0.3, 0.4) is 0 Å². The Kier molecular flexibility index (Phi) is 5.44. The highest BCUT2D eigenvalue weighted by atomic mass is 32.1. The van der Waals surface area contributed by atoms with Crippen LogP contribution in [0.25, 0.3) is 11.3 Å². The average molecular weight is 379 g/mol. The number of rotatable bonds is 5. The molecule has 6 heteroatoms. The molecule has 2 aromatic heterocycles. The van der Waals surface area contributed by atoms with Crippen LogP contribution >= 0.6 is 11.3 Å². The molecule has 0 atom stereocenters. The third-order valence-corrected chi connectivity index (χ3v) is 5.80. The highest BCUT2D eigenvalue weighted by Crippen LogP contribution is 2.23. The van der Waals surface area contributed by atoms with Gasteiger partial charge in [-0.1, -0.05) is 36.4 Å². The Morgan fingerprint density at radius 1 is 1.04 bits per heavy atom. The van der Waals surface area contributed by atoms with Gasteiger partial charge >= 0.3 is 0 Å². The van der Waals surface area contributed by atoms with Gasteiger partial charge in [0, 0.05) is 29.4 Å². The molecule has 4 rings (SSSR count). The molecule has 1 aromatic carbocycles. The minimum Gasteiger partial charge on any atom is -0.355 e. The molecule has 1 N–H and O–H groups in total. The number of benzene rings is 1. The third-order valence-electron chi connectivity index (χ3n) is 4.93. The van der Waals surface area contributed by atoms with Gasteiger partial charge in [-0.05, 0) is 36.4 Å². The van der Waals surface area contributed by atoms with Gasteiger partial charge in [-0.3, -0.25) is 4.79 Å². The van der Waals surface area contributed by atoms with Crippen molar-refractivity contribution in [3.8, 4) is 11.3 Å². The second kappa shape index (κ2) is 8.31. The maximum absolute atomic E-state index is 12.4. The quantitative estimate of drug-likeness (QED) is 0.735. The van der Waals surface area contributed by atoms with Crippen molar-refractivity contribution in [3.63, 3.8) is 0 Å². The number of hydrogen-bond acceptors (Lipinski definition) is 5. The van der Waals surface area contributed by atoms with Crippen LogP contribution in [0.15, 0.2) is 60.0 Å². The first-order valence-electron chi connectivity index (χ1n) is 9.24. The second-order valence-electron chi connectivity index (χ2n) is 6.70. The number of thiophene rings is 1. The van der Waals surface area contributed by atoms with E-state index in [1.54, 1.807) is 11.3 Å². The van der Waals surface area contributed by atoms with Crippen molar-refractivity contribution in [1.29, 1.82) is 0 Å². The molecule has 0 unspecified atom stereocenters. The maximum Gasteiger partial charge on any atom is 0.223 e. The molecule has 0 radical (unpaired) electrons. The first-order chi connectivity index (χ1) is 13.3. The Morgan fingerprint density at radius 2 is 1.85 bits per heavy atom. The predicted octanol–water partition coefficient (Wildman–Crippen LogP) is 3.74. The molecule has 0 saturated carbocycles. The molecule has 138 valence electrons. The van der Waals surface area contributed by atoms with E-state index in [1.807, 2.05) is 60.0 Å². The van der Waals surface area contributed by atoms with Crippen LogP contribution in [0.4, 0.5) is 5.82 Å². The van der Waals surface area contributed by atoms with E-state index in [1.165, 1.54) is 4.88 Å². The van der Waals surface area contributed by atoms with Crippen LogP contribution in [0.2, 0.25) is 0 Å². The maximum atomic E-state index is 12.4. The van der Waals surface area contributed by atoms with Gasteiger partial charge < -0.3 is 10.2 Å². The largest absolute Gasteiger partial charge is 0.355 e. The minimum absolute atomic E-state index is 0.0813. The number of hydrogen-bond donors (Lipinski definition) is 1. The number of anilines is 1. The van der Waals surface area contributed by atoms with Gasteiger partial charge in [0.2, 0.25) is 5.91 Å². The summed E-state index contributed by atoms with van der Waals surface area (Å²) >= 11 is 1.67. The van der Waals surface area contributed by atoms with Crippen LogP contribution in [-0.4, -0.2) is 29.2 Å². The highest BCUT2D eigenvalue weighted by Gasteiger charge is 2.25. The van der Waals surface area contributed by atoms with Gasteiger partial charge in [-0.25, -0.2) is 0 Å². The molecule has 0 spiro atoms. The standard InChI is InChI=1S/C21H22N4OS/c26-21(22-15-18-7-4-14-27-18)17-10-12-25(13-11-17)20-9-8-19(23-24-20)16-5-2-1-3-6-16/h1-9,14,17H,10-13,15H2,(H,22,26). The van der Waals surface area contributed by atoms with Crippen LogP contribution in [0, 0.1) is 5.92 Å². The second-order valence-corrected chi connectivity index (χ2v) is 7.73. The number of carbonyl (C=O) groups excluding carboxylic acids is 1. The van der Waals surface area contributed by atoms with Crippen molar-refractivity contribution in [2.24, 2.45) is 5.92 Å². The molecule has 1 aliphatic rings.